The molecule has 0 unspecified atom stereocenters. The van der Waals surface area contributed by atoms with Crippen LogP contribution in [0, 0.1) is 0 Å². The average molecular weight is 243 g/mol. The Balaban J connectivity index is 1.71. The van der Waals surface area contributed by atoms with E-state index in [1.54, 1.807) is 11.8 Å². The summed E-state index contributed by atoms with van der Waals surface area (Å²) in [6.07, 6.45) is 6.54. The smallest absolute Gasteiger partial charge is 0.172 e. The molecule has 1 aliphatic carbocycles. The summed E-state index contributed by atoms with van der Waals surface area (Å²) in [6, 6.07) is 0.575. The molecule has 0 amide bonds. The lowest BCUT2D eigenvalue weighted by molar-refractivity contribution is 0.413. The number of nitrogens with one attached hydrogen (secondary N) is 2. The van der Waals surface area contributed by atoms with Crippen LogP contribution in [0.2, 0.25) is 0 Å². The first-order valence-corrected chi connectivity index (χ1v) is 6.99. The van der Waals surface area contributed by atoms with Crippen LogP contribution in [0.5, 0.6) is 0 Å². The highest BCUT2D eigenvalue weighted by molar-refractivity contribution is 8.14. The van der Waals surface area contributed by atoms with E-state index in [9.17, 15) is 0 Å². The molecule has 84 valence electrons. The molecule has 15 heavy (non-hydrogen) atoms. The number of thioether (sulfide) groups is 1. The third-order valence-corrected chi connectivity index (χ3v) is 3.86. The number of hydrogen-bond donors (Lipinski definition) is 2. The molecule has 0 atom stereocenters. The number of aliphatic imine (C=N–C) groups is 1. The van der Waals surface area contributed by atoms with Crippen molar-refractivity contribution in [3.63, 3.8) is 0 Å². The molecule has 2 aliphatic rings. The maximum Gasteiger partial charge on any atom is 0.172 e. The van der Waals surface area contributed by atoms with Crippen molar-refractivity contribution in [1.82, 2.24) is 10.6 Å². The summed E-state index contributed by atoms with van der Waals surface area (Å²) in [7, 11) is 0. The number of amidine groups is 1. The summed E-state index contributed by atoms with van der Waals surface area (Å²) in [5.41, 5.74) is 0. The standard InChI is InChI=1S/C10H17N3S2/c14-9(13-10-11-6-7-15-10)12-8-4-2-1-3-5-8/h8H,1-7H2,(H2,11,12,13,14). The lowest BCUT2D eigenvalue weighted by Crippen LogP contribution is -2.44. The fourth-order valence-corrected chi connectivity index (χ4v) is 3.04. The van der Waals surface area contributed by atoms with Gasteiger partial charge in [-0.2, -0.15) is 0 Å². The van der Waals surface area contributed by atoms with E-state index in [-0.39, 0.29) is 0 Å². The average Bonchev–Trinajstić information content (AvgIpc) is 2.71. The van der Waals surface area contributed by atoms with Gasteiger partial charge >= 0.3 is 0 Å². The van der Waals surface area contributed by atoms with Crippen molar-refractivity contribution >= 4 is 34.3 Å². The summed E-state index contributed by atoms with van der Waals surface area (Å²) >= 11 is 7.00. The van der Waals surface area contributed by atoms with Crippen molar-refractivity contribution < 1.29 is 0 Å². The van der Waals surface area contributed by atoms with Gasteiger partial charge in [0.15, 0.2) is 10.3 Å². The molecule has 1 heterocycles. The molecule has 0 radical (unpaired) electrons. The van der Waals surface area contributed by atoms with Crippen LogP contribution in [0.4, 0.5) is 0 Å². The van der Waals surface area contributed by atoms with Gasteiger partial charge in [-0.1, -0.05) is 31.0 Å². The molecular formula is C10H17N3S2. The zero-order chi connectivity index (χ0) is 10.5. The summed E-state index contributed by atoms with van der Waals surface area (Å²) < 4.78 is 0. The molecule has 3 nitrogen and oxygen atoms in total. The molecule has 0 aromatic carbocycles. The molecule has 0 aromatic rings. The SMILES string of the molecule is S=C(NC1=NCCS1)NC1CCCCC1. The fraction of sp³-hybridized carbons (Fsp3) is 0.800. The first-order valence-electron chi connectivity index (χ1n) is 5.59. The molecule has 1 aliphatic heterocycles. The number of rotatable bonds is 1. The highest BCUT2D eigenvalue weighted by Crippen LogP contribution is 2.17. The zero-order valence-corrected chi connectivity index (χ0v) is 10.4. The quantitative estimate of drug-likeness (QED) is 0.690. The van der Waals surface area contributed by atoms with Gasteiger partial charge in [0.25, 0.3) is 0 Å². The molecule has 0 spiro atoms. The van der Waals surface area contributed by atoms with Crippen molar-refractivity contribution in [3.05, 3.63) is 0 Å². The minimum Gasteiger partial charge on any atom is -0.360 e. The van der Waals surface area contributed by atoms with E-state index >= 15 is 0 Å². The number of nitrogens with zero attached hydrogens (tertiary/aromatic N) is 1. The molecule has 5 heteroatoms. The Morgan fingerprint density at radius 1 is 1.33 bits per heavy atom. The second kappa shape index (κ2) is 5.70. The normalized spacial score (nSPS) is 22.3. The Morgan fingerprint density at radius 3 is 2.80 bits per heavy atom. The van der Waals surface area contributed by atoms with Crippen LogP contribution < -0.4 is 10.6 Å². The molecular weight excluding hydrogens is 226 g/mol. The molecule has 1 saturated carbocycles. The third-order valence-electron chi connectivity index (χ3n) is 2.75. The van der Waals surface area contributed by atoms with Gasteiger partial charge in [-0.25, -0.2) is 0 Å². The van der Waals surface area contributed by atoms with Crippen molar-refractivity contribution in [3.8, 4) is 0 Å². The van der Waals surface area contributed by atoms with Crippen LogP contribution in [0.3, 0.4) is 0 Å². The van der Waals surface area contributed by atoms with E-state index in [1.165, 1.54) is 32.1 Å². The topological polar surface area (TPSA) is 36.4 Å². The Morgan fingerprint density at radius 2 is 2.13 bits per heavy atom. The third kappa shape index (κ3) is 3.65. The molecule has 0 aromatic heterocycles. The second-order valence-electron chi connectivity index (χ2n) is 3.97. The van der Waals surface area contributed by atoms with E-state index in [2.05, 4.69) is 15.6 Å². The van der Waals surface area contributed by atoms with E-state index in [1.807, 2.05) is 0 Å². The fourth-order valence-electron chi connectivity index (χ4n) is 1.98. The summed E-state index contributed by atoms with van der Waals surface area (Å²) in [4.78, 5) is 4.31. The van der Waals surface area contributed by atoms with Crippen LogP contribution in [0.15, 0.2) is 4.99 Å². The maximum absolute atomic E-state index is 5.26. The molecule has 2 rings (SSSR count). The van der Waals surface area contributed by atoms with Gasteiger partial charge in [0.1, 0.15) is 0 Å². The molecule has 2 N–H and O–H groups in total. The van der Waals surface area contributed by atoms with Crippen LogP contribution >= 0.6 is 24.0 Å². The van der Waals surface area contributed by atoms with Crippen LogP contribution in [-0.4, -0.2) is 28.6 Å². The van der Waals surface area contributed by atoms with Crippen molar-refractivity contribution in [2.24, 2.45) is 4.99 Å². The van der Waals surface area contributed by atoms with Gasteiger partial charge in [-0.05, 0) is 25.1 Å². The maximum atomic E-state index is 5.26. The Hall–Kier alpha value is -0.290. The van der Waals surface area contributed by atoms with E-state index < -0.39 is 0 Å². The van der Waals surface area contributed by atoms with Gasteiger partial charge in [0.05, 0.1) is 6.54 Å². The van der Waals surface area contributed by atoms with Crippen LogP contribution in [-0.2, 0) is 0 Å². The Kier molecular flexibility index (Phi) is 4.26. The molecule has 0 saturated heterocycles. The number of hydrogen-bond acceptors (Lipinski definition) is 3. The lowest BCUT2D eigenvalue weighted by Gasteiger charge is -2.24. The monoisotopic (exact) mass is 243 g/mol. The molecule has 1 fully saturated rings. The highest BCUT2D eigenvalue weighted by atomic mass is 32.2. The highest BCUT2D eigenvalue weighted by Gasteiger charge is 2.15. The van der Waals surface area contributed by atoms with E-state index in [4.69, 9.17) is 12.2 Å². The zero-order valence-electron chi connectivity index (χ0n) is 8.79. The van der Waals surface area contributed by atoms with Crippen LogP contribution in [0.25, 0.3) is 0 Å². The first kappa shape index (κ1) is 11.2. The van der Waals surface area contributed by atoms with E-state index in [0.717, 1.165) is 22.6 Å². The number of thiocarbonyl (C=S) groups is 1. The molecule has 0 bridgehead atoms. The van der Waals surface area contributed by atoms with Crippen molar-refractivity contribution in [2.75, 3.05) is 12.3 Å². The van der Waals surface area contributed by atoms with E-state index in [0.29, 0.717) is 6.04 Å². The van der Waals surface area contributed by atoms with Gasteiger partial charge < -0.3 is 10.6 Å². The lowest BCUT2D eigenvalue weighted by atomic mass is 9.96. The minimum absolute atomic E-state index is 0.575. The van der Waals surface area contributed by atoms with Crippen molar-refractivity contribution in [1.29, 1.82) is 0 Å². The van der Waals surface area contributed by atoms with Crippen LogP contribution in [0.1, 0.15) is 32.1 Å². The second-order valence-corrected chi connectivity index (χ2v) is 5.46. The minimum atomic E-state index is 0.575. The first-order chi connectivity index (χ1) is 7.34. The summed E-state index contributed by atoms with van der Waals surface area (Å²) in [5, 5.41) is 8.25. The summed E-state index contributed by atoms with van der Waals surface area (Å²) in [6.45, 7) is 0.916. The van der Waals surface area contributed by atoms with Crippen molar-refractivity contribution in [2.45, 2.75) is 38.1 Å². The predicted octanol–water partition coefficient (Wildman–Crippen LogP) is 1.89. The van der Waals surface area contributed by atoms with Gasteiger partial charge in [0.2, 0.25) is 0 Å². The predicted molar refractivity (Wildman–Crippen MR) is 70.5 cm³/mol. The van der Waals surface area contributed by atoms with Gasteiger partial charge in [-0.3, -0.25) is 4.99 Å². The van der Waals surface area contributed by atoms with Gasteiger partial charge in [-0.15, -0.1) is 0 Å². The summed E-state index contributed by atoms with van der Waals surface area (Å²) in [5.74, 6) is 1.08. The van der Waals surface area contributed by atoms with Gasteiger partial charge in [0, 0.05) is 11.8 Å². The Bertz CT molecular complexity index is 259. The Labute approximate surface area is 100 Å². The largest absolute Gasteiger partial charge is 0.360 e.